The molecule has 0 spiro atoms. The molecule has 0 aliphatic heterocycles. The molecule has 68 valence electrons. The van der Waals surface area contributed by atoms with E-state index in [4.69, 9.17) is 5.11 Å². The summed E-state index contributed by atoms with van der Waals surface area (Å²) in [4.78, 5) is 4.23. The average Bonchev–Trinajstić information content (AvgIpc) is 2.48. The van der Waals surface area contributed by atoms with Crippen LogP contribution in [0, 0.1) is 0 Å². The van der Waals surface area contributed by atoms with Crippen LogP contribution in [0.3, 0.4) is 0 Å². The van der Waals surface area contributed by atoms with Gasteiger partial charge in [0.15, 0.2) is 0 Å². The average molecular weight is 168 g/mol. The van der Waals surface area contributed by atoms with Crippen molar-refractivity contribution in [3.05, 3.63) is 18.2 Å². The van der Waals surface area contributed by atoms with Crippen molar-refractivity contribution in [2.45, 2.75) is 32.7 Å². The second kappa shape index (κ2) is 4.26. The van der Waals surface area contributed by atoms with Crippen LogP contribution in [0.15, 0.2) is 12.4 Å². The number of aliphatic hydroxyl groups excluding tert-OH is 1. The molecule has 0 atom stereocenters. The van der Waals surface area contributed by atoms with Gasteiger partial charge < -0.3 is 9.67 Å². The van der Waals surface area contributed by atoms with Crippen LogP contribution in [-0.4, -0.2) is 21.3 Å². The summed E-state index contributed by atoms with van der Waals surface area (Å²) in [7, 11) is 0. The fourth-order valence-electron chi connectivity index (χ4n) is 1.24. The summed E-state index contributed by atoms with van der Waals surface area (Å²) in [5.74, 6) is 1.07. The van der Waals surface area contributed by atoms with Crippen LogP contribution < -0.4 is 0 Å². The van der Waals surface area contributed by atoms with Gasteiger partial charge in [-0.05, 0) is 20.3 Å². The van der Waals surface area contributed by atoms with Gasteiger partial charge in [0.25, 0.3) is 0 Å². The van der Waals surface area contributed by atoms with Crippen molar-refractivity contribution in [3.8, 4) is 0 Å². The summed E-state index contributed by atoms with van der Waals surface area (Å²) in [6, 6.07) is 0.459. The van der Waals surface area contributed by atoms with Crippen molar-refractivity contribution >= 4 is 0 Å². The molecule has 1 aromatic heterocycles. The third-order valence-electron chi connectivity index (χ3n) is 1.86. The Kier molecular flexibility index (Phi) is 3.29. The van der Waals surface area contributed by atoms with Gasteiger partial charge in [-0.1, -0.05) is 0 Å². The third kappa shape index (κ3) is 2.08. The monoisotopic (exact) mass is 168 g/mol. The molecule has 0 aromatic carbocycles. The molecule has 0 unspecified atom stereocenters. The lowest BCUT2D eigenvalue weighted by Crippen LogP contribution is -2.05. The summed E-state index contributed by atoms with van der Waals surface area (Å²) in [5, 5.41) is 8.66. The predicted molar refractivity (Wildman–Crippen MR) is 48.0 cm³/mol. The van der Waals surface area contributed by atoms with E-state index in [9.17, 15) is 0 Å². The third-order valence-corrected chi connectivity index (χ3v) is 1.86. The molecule has 0 aliphatic carbocycles. The van der Waals surface area contributed by atoms with E-state index in [0.29, 0.717) is 6.04 Å². The second-order valence-corrected chi connectivity index (χ2v) is 3.17. The lowest BCUT2D eigenvalue weighted by molar-refractivity contribution is 0.286. The minimum absolute atomic E-state index is 0.241. The van der Waals surface area contributed by atoms with E-state index in [0.717, 1.165) is 18.7 Å². The fraction of sp³-hybridized carbons (Fsp3) is 0.667. The van der Waals surface area contributed by atoms with E-state index in [1.54, 1.807) is 0 Å². The Labute approximate surface area is 73.1 Å². The largest absolute Gasteiger partial charge is 0.396 e. The van der Waals surface area contributed by atoms with Crippen LogP contribution in [0.5, 0.6) is 0 Å². The highest BCUT2D eigenvalue weighted by molar-refractivity contribution is 4.94. The molecule has 1 aromatic rings. The zero-order valence-electron chi connectivity index (χ0n) is 7.70. The van der Waals surface area contributed by atoms with E-state index in [-0.39, 0.29) is 6.61 Å². The van der Waals surface area contributed by atoms with Crippen molar-refractivity contribution in [2.24, 2.45) is 0 Å². The standard InChI is InChI=1S/C9H16N2O/c1-8(2)11-6-5-10-9(11)4-3-7-12/h5-6,8,12H,3-4,7H2,1-2H3. The van der Waals surface area contributed by atoms with Gasteiger partial charge in [-0.25, -0.2) is 4.98 Å². The Bertz CT molecular complexity index is 230. The maximum absolute atomic E-state index is 8.66. The molecule has 0 saturated heterocycles. The van der Waals surface area contributed by atoms with Crippen molar-refractivity contribution in [3.63, 3.8) is 0 Å². The molecular weight excluding hydrogens is 152 g/mol. The van der Waals surface area contributed by atoms with Crippen LogP contribution in [0.1, 0.15) is 32.1 Å². The van der Waals surface area contributed by atoms with Gasteiger partial charge >= 0.3 is 0 Å². The molecular formula is C9H16N2O. The van der Waals surface area contributed by atoms with Gasteiger partial charge in [0.1, 0.15) is 5.82 Å². The van der Waals surface area contributed by atoms with Gasteiger partial charge in [0.2, 0.25) is 0 Å². The van der Waals surface area contributed by atoms with E-state index in [2.05, 4.69) is 23.4 Å². The summed E-state index contributed by atoms with van der Waals surface area (Å²) < 4.78 is 2.13. The molecule has 1 N–H and O–H groups in total. The molecule has 0 amide bonds. The summed E-state index contributed by atoms with van der Waals surface area (Å²) >= 11 is 0. The van der Waals surface area contributed by atoms with Crippen LogP contribution in [-0.2, 0) is 6.42 Å². The van der Waals surface area contributed by atoms with E-state index in [1.165, 1.54) is 0 Å². The number of hydrogen-bond donors (Lipinski definition) is 1. The quantitative estimate of drug-likeness (QED) is 0.737. The van der Waals surface area contributed by atoms with E-state index < -0.39 is 0 Å². The first-order chi connectivity index (χ1) is 5.75. The van der Waals surface area contributed by atoms with Gasteiger partial charge in [0, 0.05) is 31.5 Å². The van der Waals surface area contributed by atoms with E-state index in [1.807, 2.05) is 12.4 Å². The normalized spacial score (nSPS) is 11.0. The first-order valence-electron chi connectivity index (χ1n) is 4.38. The number of nitrogens with zero attached hydrogens (tertiary/aromatic N) is 2. The fourth-order valence-corrected chi connectivity index (χ4v) is 1.24. The van der Waals surface area contributed by atoms with Crippen LogP contribution in [0.2, 0.25) is 0 Å². The predicted octanol–water partition coefficient (Wildman–Crippen LogP) is 1.39. The van der Waals surface area contributed by atoms with Crippen LogP contribution in [0.4, 0.5) is 0 Å². The van der Waals surface area contributed by atoms with Gasteiger partial charge in [-0.15, -0.1) is 0 Å². The summed E-state index contributed by atoms with van der Waals surface area (Å²) in [5.41, 5.74) is 0. The zero-order valence-corrected chi connectivity index (χ0v) is 7.70. The topological polar surface area (TPSA) is 38.0 Å². The van der Waals surface area contributed by atoms with Gasteiger partial charge in [-0.3, -0.25) is 0 Å². The Morgan fingerprint density at radius 2 is 2.33 bits per heavy atom. The first kappa shape index (κ1) is 9.26. The number of rotatable bonds is 4. The molecule has 0 fully saturated rings. The van der Waals surface area contributed by atoms with Crippen molar-refractivity contribution in [1.29, 1.82) is 0 Å². The number of imidazole rings is 1. The smallest absolute Gasteiger partial charge is 0.108 e. The number of aryl methyl sites for hydroxylation is 1. The maximum atomic E-state index is 8.66. The molecule has 1 rings (SSSR count). The lowest BCUT2D eigenvalue weighted by atomic mass is 10.3. The molecule has 1 heterocycles. The molecule has 3 heteroatoms. The lowest BCUT2D eigenvalue weighted by Gasteiger charge is -2.10. The van der Waals surface area contributed by atoms with E-state index >= 15 is 0 Å². The Hall–Kier alpha value is -0.830. The Morgan fingerprint density at radius 1 is 1.58 bits per heavy atom. The minimum atomic E-state index is 0.241. The van der Waals surface area contributed by atoms with Crippen LogP contribution in [0.25, 0.3) is 0 Å². The summed E-state index contributed by atoms with van der Waals surface area (Å²) in [6.45, 7) is 4.50. The Balaban J connectivity index is 2.64. The molecule has 0 saturated carbocycles. The van der Waals surface area contributed by atoms with Crippen molar-refractivity contribution in [2.75, 3.05) is 6.61 Å². The highest BCUT2D eigenvalue weighted by atomic mass is 16.2. The molecule has 0 radical (unpaired) electrons. The number of aliphatic hydroxyl groups is 1. The van der Waals surface area contributed by atoms with Gasteiger partial charge in [-0.2, -0.15) is 0 Å². The number of aromatic nitrogens is 2. The highest BCUT2D eigenvalue weighted by Crippen LogP contribution is 2.09. The molecule has 3 nitrogen and oxygen atoms in total. The highest BCUT2D eigenvalue weighted by Gasteiger charge is 2.04. The molecule has 12 heavy (non-hydrogen) atoms. The van der Waals surface area contributed by atoms with Gasteiger partial charge in [0.05, 0.1) is 0 Å². The minimum Gasteiger partial charge on any atom is -0.396 e. The van der Waals surface area contributed by atoms with Crippen molar-refractivity contribution < 1.29 is 5.11 Å². The van der Waals surface area contributed by atoms with Crippen molar-refractivity contribution in [1.82, 2.24) is 9.55 Å². The van der Waals surface area contributed by atoms with Crippen LogP contribution >= 0.6 is 0 Å². The summed E-state index contributed by atoms with van der Waals surface area (Å²) in [6.07, 6.45) is 5.45. The number of hydrogen-bond acceptors (Lipinski definition) is 2. The second-order valence-electron chi connectivity index (χ2n) is 3.17. The Morgan fingerprint density at radius 3 is 2.92 bits per heavy atom. The SMILES string of the molecule is CC(C)n1ccnc1CCCO. The molecule has 0 bridgehead atoms. The zero-order chi connectivity index (χ0) is 8.97. The molecule has 0 aliphatic rings. The maximum Gasteiger partial charge on any atom is 0.108 e. The first-order valence-corrected chi connectivity index (χ1v) is 4.38.